The molecule has 2 aromatic carbocycles. The van der Waals surface area contributed by atoms with E-state index in [0.29, 0.717) is 18.4 Å². The van der Waals surface area contributed by atoms with Gasteiger partial charge in [0.2, 0.25) is 0 Å². The topological polar surface area (TPSA) is 42.2 Å². The molecular weight excluding hydrogens is 341 g/mol. The molecule has 27 heavy (non-hydrogen) atoms. The summed E-state index contributed by atoms with van der Waals surface area (Å²) in [6.45, 7) is 6.11. The van der Waals surface area contributed by atoms with Gasteiger partial charge >= 0.3 is 5.97 Å². The first-order chi connectivity index (χ1) is 12.9. The summed E-state index contributed by atoms with van der Waals surface area (Å²) in [5.74, 6) is -0.622. The lowest BCUT2D eigenvalue weighted by molar-refractivity contribution is -0.145. The zero-order valence-corrected chi connectivity index (χ0v) is 15.9. The third kappa shape index (κ3) is 2.84. The van der Waals surface area contributed by atoms with E-state index in [2.05, 4.69) is 30.5 Å². The molecule has 0 aliphatic heterocycles. The average molecular weight is 365 g/mol. The number of para-hydroxylation sites is 1. The van der Waals surface area contributed by atoms with Gasteiger partial charge in [0.05, 0.1) is 11.4 Å². The highest BCUT2D eigenvalue weighted by molar-refractivity contribution is 5.89. The van der Waals surface area contributed by atoms with E-state index < -0.39 is 5.97 Å². The Morgan fingerprint density at radius 3 is 2.52 bits per heavy atom. The lowest BCUT2D eigenvalue weighted by Crippen LogP contribution is -2.29. The molecule has 0 atom stereocenters. The van der Waals surface area contributed by atoms with E-state index in [1.807, 2.05) is 24.3 Å². The van der Waals surface area contributed by atoms with Crippen molar-refractivity contribution in [1.29, 1.82) is 0 Å². The maximum atomic E-state index is 13.8. The molecule has 0 unspecified atom stereocenters. The molecule has 0 spiro atoms. The van der Waals surface area contributed by atoms with E-state index in [4.69, 9.17) is 0 Å². The summed E-state index contributed by atoms with van der Waals surface area (Å²) >= 11 is 0. The number of hydrogen-bond acceptors (Lipinski definition) is 1. The number of aliphatic carboxylic acids is 1. The second-order valence-electron chi connectivity index (χ2n) is 7.94. The molecule has 0 saturated heterocycles. The van der Waals surface area contributed by atoms with Crippen LogP contribution in [0.3, 0.4) is 0 Å². The molecule has 1 saturated carbocycles. The summed E-state index contributed by atoms with van der Waals surface area (Å²) in [4.78, 5) is 11.3. The van der Waals surface area contributed by atoms with Crippen molar-refractivity contribution in [1.82, 2.24) is 4.57 Å². The zero-order chi connectivity index (χ0) is 19.3. The minimum Gasteiger partial charge on any atom is -0.481 e. The van der Waals surface area contributed by atoms with Crippen molar-refractivity contribution in [3.05, 3.63) is 65.1 Å². The Morgan fingerprint density at radius 1 is 1.19 bits per heavy atom. The predicted molar refractivity (Wildman–Crippen MR) is 105 cm³/mol. The van der Waals surface area contributed by atoms with Crippen LogP contribution < -0.4 is 0 Å². The van der Waals surface area contributed by atoms with Crippen LogP contribution in [0.25, 0.3) is 16.6 Å². The summed E-state index contributed by atoms with van der Waals surface area (Å²) < 4.78 is 16.1. The van der Waals surface area contributed by atoms with Gasteiger partial charge in [-0.2, -0.15) is 0 Å². The minimum atomic E-state index is -0.699. The average Bonchev–Trinajstić information content (AvgIpc) is 2.91. The van der Waals surface area contributed by atoms with Crippen LogP contribution in [0.15, 0.2) is 42.5 Å². The molecule has 1 heterocycles. The fourth-order valence-electron chi connectivity index (χ4n) is 4.38. The summed E-state index contributed by atoms with van der Waals surface area (Å²) in [6, 6.07) is 13.5. The van der Waals surface area contributed by atoms with Crippen LogP contribution in [0.5, 0.6) is 0 Å². The van der Waals surface area contributed by atoms with Crippen LogP contribution in [-0.2, 0) is 4.79 Å². The standard InChI is InChI=1S/C23H24FNO2/c1-13(2)22-21(15-11-16(12-15)23(26)27)18-6-4-5-7-20(18)25(22)17-8-9-19(24)14(3)10-17/h4-10,13,15-16H,11-12H2,1-3H3,(H,26,27). The smallest absolute Gasteiger partial charge is 0.306 e. The van der Waals surface area contributed by atoms with Gasteiger partial charge in [-0.05, 0) is 67.0 Å². The Bertz CT molecular complexity index is 1030. The number of aryl methyl sites for hydroxylation is 1. The molecule has 140 valence electrons. The molecule has 1 aliphatic carbocycles. The second kappa shape index (κ2) is 6.52. The minimum absolute atomic E-state index is 0.204. The fourth-order valence-corrected chi connectivity index (χ4v) is 4.38. The van der Waals surface area contributed by atoms with E-state index in [9.17, 15) is 14.3 Å². The molecule has 0 radical (unpaired) electrons. The van der Waals surface area contributed by atoms with Gasteiger partial charge in [0.25, 0.3) is 0 Å². The molecule has 4 heteroatoms. The van der Waals surface area contributed by atoms with Crippen LogP contribution in [-0.4, -0.2) is 15.6 Å². The molecule has 1 N–H and O–H groups in total. The molecule has 3 nitrogen and oxygen atoms in total. The molecule has 1 aliphatic rings. The van der Waals surface area contributed by atoms with E-state index >= 15 is 0 Å². The van der Waals surface area contributed by atoms with Gasteiger partial charge in [-0.1, -0.05) is 32.0 Å². The fraction of sp³-hybridized carbons (Fsp3) is 0.348. The van der Waals surface area contributed by atoms with E-state index in [-0.39, 0.29) is 23.6 Å². The van der Waals surface area contributed by atoms with Crippen molar-refractivity contribution in [3.8, 4) is 5.69 Å². The van der Waals surface area contributed by atoms with E-state index in [1.54, 1.807) is 6.92 Å². The van der Waals surface area contributed by atoms with E-state index in [0.717, 1.165) is 11.2 Å². The van der Waals surface area contributed by atoms with Crippen molar-refractivity contribution in [2.24, 2.45) is 5.92 Å². The number of hydrogen-bond donors (Lipinski definition) is 1. The van der Waals surface area contributed by atoms with Gasteiger partial charge in [-0.15, -0.1) is 0 Å². The molecule has 4 rings (SSSR count). The lowest BCUT2D eigenvalue weighted by Gasteiger charge is -2.34. The van der Waals surface area contributed by atoms with E-state index in [1.165, 1.54) is 22.7 Å². The molecule has 1 aromatic heterocycles. The highest BCUT2D eigenvalue weighted by Gasteiger charge is 2.39. The first kappa shape index (κ1) is 17.8. The first-order valence-corrected chi connectivity index (χ1v) is 9.51. The normalized spacial score (nSPS) is 19.4. The Balaban J connectivity index is 1.95. The highest BCUT2D eigenvalue weighted by atomic mass is 19.1. The monoisotopic (exact) mass is 365 g/mol. The van der Waals surface area contributed by atoms with Gasteiger partial charge in [0, 0.05) is 16.8 Å². The van der Waals surface area contributed by atoms with Crippen molar-refractivity contribution in [3.63, 3.8) is 0 Å². The van der Waals surface area contributed by atoms with Gasteiger partial charge < -0.3 is 9.67 Å². The highest BCUT2D eigenvalue weighted by Crippen LogP contribution is 2.48. The molecular formula is C23H24FNO2. The number of rotatable bonds is 4. The van der Waals surface area contributed by atoms with Gasteiger partial charge in [-0.3, -0.25) is 4.79 Å². The van der Waals surface area contributed by atoms with Crippen LogP contribution in [0.2, 0.25) is 0 Å². The lowest BCUT2D eigenvalue weighted by atomic mass is 9.70. The summed E-state index contributed by atoms with van der Waals surface area (Å²) in [5, 5.41) is 10.5. The number of nitrogens with zero attached hydrogens (tertiary/aromatic N) is 1. The largest absolute Gasteiger partial charge is 0.481 e. The SMILES string of the molecule is Cc1cc(-n2c(C(C)C)c(C3CC(C(=O)O)C3)c3ccccc32)ccc1F. The number of carboxylic acids is 1. The first-order valence-electron chi connectivity index (χ1n) is 9.51. The molecule has 0 bridgehead atoms. The maximum Gasteiger partial charge on any atom is 0.306 e. The van der Waals surface area contributed by atoms with Crippen LogP contribution in [0.4, 0.5) is 4.39 Å². The van der Waals surface area contributed by atoms with Crippen LogP contribution in [0.1, 0.15) is 55.3 Å². The number of aromatic nitrogens is 1. The summed E-state index contributed by atoms with van der Waals surface area (Å²) in [7, 11) is 0. The predicted octanol–water partition coefficient (Wildman–Crippen LogP) is 5.78. The molecule has 3 aromatic rings. The number of fused-ring (bicyclic) bond motifs is 1. The van der Waals surface area contributed by atoms with Crippen molar-refractivity contribution in [2.75, 3.05) is 0 Å². The Kier molecular flexibility index (Phi) is 4.29. The summed E-state index contributed by atoms with van der Waals surface area (Å²) in [5.41, 5.74) is 5.14. The van der Waals surface area contributed by atoms with Crippen molar-refractivity contribution < 1.29 is 14.3 Å². The summed E-state index contributed by atoms with van der Waals surface area (Å²) in [6.07, 6.45) is 1.37. The Morgan fingerprint density at radius 2 is 1.89 bits per heavy atom. The quantitative estimate of drug-likeness (QED) is 0.637. The number of halogens is 1. The number of carboxylic acid groups (broad SMARTS) is 1. The third-order valence-electron chi connectivity index (χ3n) is 5.79. The van der Waals surface area contributed by atoms with Crippen LogP contribution >= 0.6 is 0 Å². The third-order valence-corrected chi connectivity index (χ3v) is 5.79. The number of carbonyl (C=O) groups is 1. The van der Waals surface area contributed by atoms with Crippen molar-refractivity contribution in [2.45, 2.75) is 45.4 Å². The zero-order valence-electron chi connectivity index (χ0n) is 15.9. The molecule has 0 amide bonds. The van der Waals surface area contributed by atoms with Gasteiger partial charge in [0.1, 0.15) is 5.82 Å². The Hall–Kier alpha value is -2.62. The van der Waals surface area contributed by atoms with Gasteiger partial charge in [0.15, 0.2) is 0 Å². The molecule has 1 fully saturated rings. The van der Waals surface area contributed by atoms with Crippen LogP contribution in [0, 0.1) is 18.7 Å². The Labute approximate surface area is 158 Å². The van der Waals surface area contributed by atoms with Crippen molar-refractivity contribution >= 4 is 16.9 Å². The van der Waals surface area contributed by atoms with Gasteiger partial charge in [-0.25, -0.2) is 4.39 Å². The maximum absolute atomic E-state index is 13.8. The number of benzene rings is 2. The second-order valence-corrected chi connectivity index (χ2v) is 7.94.